The molecule has 4 aliphatic rings. The molecule has 0 spiro atoms. The van der Waals surface area contributed by atoms with Gasteiger partial charge >= 0.3 is 42.0 Å². The molecule has 0 heterocycles. The number of esters is 1. The van der Waals surface area contributed by atoms with Crippen LogP contribution in [-0.2, 0) is 84.7 Å². The molecule has 0 bridgehead atoms. The average Bonchev–Trinajstić information content (AvgIpc) is 1.53. The van der Waals surface area contributed by atoms with Gasteiger partial charge in [0.05, 0.1) is 31.5 Å². The van der Waals surface area contributed by atoms with Crippen LogP contribution in [-0.4, -0.2) is 254 Å². The van der Waals surface area contributed by atoms with Crippen LogP contribution >= 0.6 is 47.0 Å². The van der Waals surface area contributed by atoms with Gasteiger partial charge in [-0.05, 0) is 120 Å². The highest BCUT2D eigenvalue weighted by Crippen LogP contribution is 2.46. The average molecular weight is 1730 g/mol. The molecule has 646 valence electrons. The number of amides is 4. The minimum absolute atomic E-state index is 0.0235. The number of ketones is 4. The Morgan fingerprint density at radius 2 is 0.705 bits per heavy atom. The van der Waals surface area contributed by atoms with Crippen molar-refractivity contribution < 1.29 is 115 Å². The first kappa shape index (κ1) is 106. The van der Waals surface area contributed by atoms with E-state index in [1.165, 1.54) is 54.2 Å². The summed E-state index contributed by atoms with van der Waals surface area (Å²) in [6.45, 7) is 52.6. The zero-order chi connectivity index (χ0) is 87.2. The van der Waals surface area contributed by atoms with E-state index in [9.17, 15) is 67.4 Å². The summed E-state index contributed by atoms with van der Waals surface area (Å²) in [6, 6.07) is -5.12. The highest BCUT2D eigenvalue weighted by Gasteiger charge is 2.49. The van der Waals surface area contributed by atoms with Gasteiger partial charge in [-0.1, -0.05) is 83.1 Å². The summed E-state index contributed by atoms with van der Waals surface area (Å²) in [5, 5.41) is 45.5. The first-order valence-corrected chi connectivity index (χ1v) is 53.7. The molecule has 4 fully saturated rings. The number of methoxy groups -OCH3 is 1. The van der Waals surface area contributed by atoms with Crippen molar-refractivity contribution in [3.05, 3.63) is 0 Å². The zero-order valence-corrected chi connectivity index (χ0v) is 78.6. The number of thioether (sulfide) groups is 4. The van der Waals surface area contributed by atoms with Crippen LogP contribution in [0.3, 0.4) is 0 Å². The van der Waals surface area contributed by atoms with Crippen molar-refractivity contribution >= 4 is 157 Å². The fraction of sp³-hybridized carbons (Fsp3) is 0.824. The molecule has 4 aliphatic carbocycles. The van der Waals surface area contributed by atoms with Crippen LogP contribution < -0.4 is 32.7 Å². The van der Waals surface area contributed by atoms with Crippen LogP contribution in [0, 0.1) is 0 Å². The molecule has 30 nitrogen and oxygen atoms in total. The standard InChI is InChI=1S/C21H37N3O8SSi.C20H37NO6SSi.C19H35NO6SSi.C14H27NO4SSi/c1-21(2,3)34(4,5)32-15-8-12(25)9-16(15)33-11-14(19(29)23-10-18(27)28)24-17(26)7-6-13(22)20(30)31;1-19(2,3)26-18(24)21-14(17(23)25-7)12-28-16-11-13(22)10-15(16)27-29(8,9)20(4,5)6;1-18(2,3)25-17(24)20-13(16(22)23)11-27-15-10-12(21)9-14(15)26-28(7,8)19(4,5)6;1-14(2,3)21(4,5)19-11-6-9(16)7-12(11)20-8-10(15)13(17)18/h13-16H,6-11,22H2,1-5H3,(H,23,29)(H,24,26)(H,27,28)(H,30,31);14-16H,10-12H2,1-9H3,(H,21,24);13-15H,9-11H2,1-8H3,(H,20,24)(H,22,23);10-12H,6-8,15H2,1-5H3,(H,17,18)/t13?,14-,15-,16-;14-,15-,16-;13-,14-,15-;10-,11-,12-/m0000/s1. The molecule has 0 radical (unpaired) electrons. The molecule has 112 heavy (non-hydrogen) atoms. The van der Waals surface area contributed by atoms with Gasteiger partial charge < -0.3 is 85.1 Å². The molecule has 13 atom stereocenters. The van der Waals surface area contributed by atoms with Gasteiger partial charge in [-0.2, -0.15) is 47.0 Å². The summed E-state index contributed by atoms with van der Waals surface area (Å²) < 4.78 is 40.9. The first-order chi connectivity index (χ1) is 50.5. The van der Waals surface area contributed by atoms with E-state index in [0.29, 0.717) is 50.7 Å². The van der Waals surface area contributed by atoms with Gasteiger partial charge in [0.25, 0.3) is 0 Å². The highest BCUT2D eigenvalue weighted by atomic mass is 32.2. The quantitative estimate of drug-likeness (QED) is 0.0166. The predicted octanol–water partition coefficient (Wildman–Crippen LogP) is 10.7. The van der Waals surface area contributed by atoms with Crippen LogP contribution in [0.1, 0.15) is 189 Å². The summed E-state index contributed by atoms with van der Waals surface area (Å²) in [4.78, 5) is 153. The molecule has 0 saturated heterocycles. The number of carbonyl (C=O) groups is 13. The highest BCUT2D eigenvalue weighted by molar-refractivity contribution is 8.00. The van der Waals surface area contributed by atoms with Gasteiger partial charge in [0.15, 0.2) is 33.3 Å². The first-order valence-electron chi connectivity index (χ1n) is 37.8. The maximum Gasteiger partial charge on any atom is 0.408 e. The summed E-state index contributed by atoms with van der Waals surface area (Å²) >= 11 is 5.61. The second kappa shape index (κ2) is 44.4. The van der Waals surface area contributed by atoms with Gasteiger partial charge in [-0.15, -0.1) is 0 Å². The number of carboxylic acids is 4. The van der Waals surface area contributed by atoms with Crippen molar-refractivity contribution in [2.24, 2.45) is 11.5 Å². The van der Waals surface area contributed by atoms with E-state index in [0.717, 1.165) is 0 Å². The number of aliphatic carboxylic acids is 4. The zero-order valence-electron chi connectivity index (χ0n) is 71.4. The van der Waals surface area contributed by atoms with E-state index in [2.05, 4.69) is 157 Å². The number of rotatable bonds is 33. The lowest BCUT2D eigenvalue weighted by molar-refractivity contribution is -0.142. The van der Waals surface area contributed by atoms with Crippen molar-refractivity contribution in [3.8, 4) is 0 Å². The van der Waals surface area contributed by atoms with E-state index in [1.807, 2.05) is 0 Å². The topological polar surface area (TPSA) is 468 Å². The Bertz CT molecular complexity index is 3220. The molecule has 38 heteroatoms. The minimum Gasteiger partial charge on any atom is -0.480 e. The van der Waals surface area contributed by atoms with Crippen molar-refractivity contribution in [2.45, 2.75) is 348 Å². The number of carboxylic acid groups (broad SMARTS) is 4. The summed E-state index contributed by atoms with van der Waals surface area (Å²) in [6.07, 6.45) is 0.439. The van der Waals surface area contributed by atoms with E-state index >= 15 is 0 Å². The summed E-state index contributed by atoms with van der Waals surface area (Å²) in [7, 11) is -6.87. The molecule has 4 amide bonds. The third kappa shape index (κ3) is 38.3. The number of hydrogen-bond donors (Lipinski definition) is 10. The second-order valence-electron chi connectivity index (χ2n) is 36.9. The number of ether oxygens (including phenoxy) is 3. The Hall–Kier alpha value is -4.46. The van der Waals surface area contributed by atoms with Gasteiger partial charge in [0.2, 0.25) is 11.8 Å². The maximum absolute atomic E-state index is 12.5. The van der Waals surface area contributed by atoms with Crippen LogP contribution in [0.4, 0.5) is 9.59 Å². The van der Waals surface area contributed by atoms with Crippen molar-refractivity contribution in [1.82, 2.24) is 21.3 Å². The van der Waals surface area contributed by atoms with Crippen molar-refractivity contribution in [1.29, 1.82) is 0 Å². The molecule has 12 N–H and O–H groups in total. The Labute approximate surface area is 685 Å². The van der Waals surface area contributed by atoms with Gasteiger partial charge in [0.1, 0.15) is 71.1 Å². The molecule has 4 rings (SSSR count). The fourth-order valence-electron chi connectivity index (χ4n) is 10.0. The summed E-state index contributed by atoms with van der Waals surface area (Å²) in [5.74, 6) is -5.03. The van der Waals surface area contributed by atoms with E-state index < -0.39 is 135 Å². The molecular weight excluding hydrogens is 1600 g/mol. The number of carbonyl (C=O) groups excluding carboxylic acids is 9. The second-order valence-corrected chi connectivity index (χ2v) is 61.0. The molecule has 0 aromatic carbocycles. The third-order valence-electron chi connectivity index (χ3n) is 20.6. The molecule has 0 aromatic rings. The van der Waals surface area contributed by atoms with E-state index in [1.54, 1.807) is 41.5 Å². The number of nitrogens with one attached hydrogen (secondary N) is 4. The predicted molar refractivity (Wildman–Crippen MR) is 449 cm³/mol. The number of Topliss-reactive ketones (excluding diaryl/α,β-unsaturated/α-hetero) is 4. The molecule has 0 aliphatic heterocycles. The molecule has 4 saturated carbocycles. The summed E-state index contributed by atoms with van der Waals surface area (Å²) in [5.41, 5.74) is 9.57. The lowest BCUT2D eigenvalue weighted by Crippen LogP contribution is -2.50. The molecule has 1 unspecified atom stereocenters. The van der Waals surface area contributed by atoms with Crippen LogP contribution in [0.5, 0.6) is 0 Å². The van der Waals surface area contributed by atoms with Gasteiger partial charge in [-0.25, -0.2) is 19.2 Å². The van der Waals surface area contributed by atoms with Crippen molar-refractivity contribution in [3.63, 3.8) is 0 Å². The smallest absolute Gasteiger partial charge is 0.408 e. The van der Waals surface area contributed by atoms with Crippen molar-refractivity contribution in [2.75, 3.05) is 36.7 Å². The number of hydrogen-bond acceptors (Lipinski definition) is 26. The SMILES string of the molecule is CC(C)(C)OC(=O)N[C@@H](CS[C@H]1CC(=O)C[C@@H]1O[Si](C)(C)C(C)(C)C)C(=O)O.CC(C)(C)[Si](C)(C)O[C@H]1CC(=O)C[C@@H]1SC[C@H](N)C(=O)O.CC(C)(C)[Si](C)(C)O[C@H]1CC(=O)C[C@@H]1SC[C@H](NC(=O)CCC(N)C(=O)O)C(=O)NCC(=O)O.COC(=O)[C@H](CS[C@H]1CC(=O)C[C@@H]1O[Si](C)(C)C(C)(C)C)NC(=O)OC(C)(C)C. The van der Waals surface area contributed by atoms with Crippen LogP contribution in [0.25, 0.3) is 0 Å². The largest absolute Gasteiger partial charge is 0.480 e. The van der Waals surface area contributed by atoms with Gasteiger partial charge in [0, 0.05) is 102 Å². The lowest BCUT2D eigenvalue weighted by atomic mass is 10.1. The molecular formula is C74H136N6O24S4Si4. The Morgan fingerprint density at radius 1 is 0.420 bits per heavy atom. The Kier molecular flexibility index (Phi) is 41.8. The van der Waals surface area contributed by atoms with Gasteiger partial charge in [-0.3, -0.25) is 43.2 Å². The normalized spacial score (nSPS) is 22.0. The number of alkyl carbamates (subject to hydrolysis) is 2. The number of nitrogens with two attached hydrogens (primary N) is 2. The van der Waals surface area contributed by atoms with E-state index in [4.69, 9.17) is 58.7 Å². The van der Waals surface area contributed by atoms with Crippen LogP contribution in [0.15, 0.2) is 0 Å². The minimum atomic E-state index is -2.14. The Balaban J connectivity index is 0.000000756. The third-order valence-corrected chi connectivity index (χ3v) is 44.3. The van der Waals surface area contributed by atoms with Crippen LogP contribution in [0.2, 0.25) is 72.5 Å². The lowest BCUT2D eigenvalue weighted by Gasteiger charge is -2.39. The van der Waals surface area contributed by atoms with E-state index in [-0.39, 0.29) is 125 Å². The monoisotopic (exact) mass is 1730 g/mol. The fourth-order valence-corrected chi connectivity index (χ4v) is 21.1. The molecule has 0 aromatic heterocycles. The maximum atomic E-state index is 12.5. The Morgan fingerprint density at radius 3 is 0.973 bits per heavy atom.